The second-order valence-electron chi connectivity index (χ2n) is 5.01. The second kappa shape index (κ2) is 6.58. The van der Waals surface area contributed by atoms with Gasteiger partial charge in [-0.05, 0) is 42.1 Å². The molecule has 23 heavy (non-hydrogen) atoms. The van der Waals surface area contributed by atoms with E-state index >= 15 is 0 Å². The van der Waals surface area contributed by atoms with Gasteiger partial charge >= 0.3 is 0 Å². The molecule has 3 aromatic rings. The summed E-state index contributed by atoms with van der Waals surface area (Å²) < 4.78 is 1.23. The minimum absolute atomic E-state index is 0.211. The van der Waals surface area contributed by atoms with Gasteiger partial charge in [0.2, 0.25) is 0 Å². The molecule has 0 aliphatic carbocycles. The number of amides is 1. The van der Waals surface area contributed by atoms with Crippen LogP contribution in [-0.4, -0.2) is 15.7 Å². The number of hydrogen-bond acceptors (Lipinski definition) is 4. The topological polar surface area (TPSA) is 64.0 Å². The normalized spacial score (nSPS) is 10.5. The fraction of sp³-hybridized carbons (Fsp3) is 0.118. The van der Waals surface area contributed by atoms with Crippen LogP contribution < -0.4 is 10.9 Å². The van der Waals surface area contributed by atoms with Gasteiger partial charge in [-0.15, -0.1) is 11.3 Å². The molecule has 0 atom stereocenters. The quantitative estimate of drug-likeness (QED) is 0.802. The van der Waals surface area contributed by atoms with Gasteiger partial charge in [0, 0.05) is 10.9 Å². The second-order valence-corrected chi connectivity index (χ2v) is 6.01. The van der Waals surface area contributed by atoms with Gasteiger partial charge in [0.1, 0.15) is 5.69 Å². The first-order valence-electron chi connectivity index (χ1n) is 7.12. The summed E-state index contributed by atoms with van der Waals surface area (Å²) in [4.78, 5) is 25.3. The van der Waals surface area contributed by atoms with Crippen LogP contribution in [0.4, 0.5) is 0 Å². The van der Waals surface area contributed by atoms with E-state index in [0.29, 0.717) is 12.2 Å². The number of aryl methyl sites for hydroxylation is 1. The van der Waals surface area contributed by atoms with Gasteiger partial charge in [-0.25, -0.2) is 0 Å². The average Bonchev–Trinajstić information content (AvgIpc) is 2.99. The van der Waals surface area contributed by atoms with Gasteiger partial charge in [0.15, 0.2) is 0 Å². The highest BCUT2D eigenvalue weighted by atomic mass is 32.1. The zero-order chi connectivity index (χ0) is 16.2. The molecule has 2 heterocycles. The standard InChI is InChI=1S/C17H15N3O2S/c1-12-9-10-23-15(12)11-18-17(22)14-7-8-16(21)20(19-14)13-5-3-2-4-6-13/h2-10H,11H2,1H3,(H,18,22). The third-order valence-corrected chi connectivity index (χ3v) is 4.43. The van der Waals surface area contributed by atoms with Crippen LogP contribution in [0.15, 0.2) is 58.7 Å². The molecule has 0 aliphatic rings. The van der Waals surface area contributed by atoms with Crippen LogP contribution in [0.25, 0.3) is 5.69 Å². The van der Waals surface area contributed by atoms with Crippen molar-refractivity contribution in [3.05, 3.63) is 80.4 Å². The minimum Gasteiger partial charge on any atom is -0.346 e. The first-order chi connectivity index (χ1) is 11.1. The average molecular weight is 325 g/mol. The predicted molar refractivity (Wildman–Crippen MR) is 90.1 cm³/mol. The van der Waals surface area contributed by atoms with E-state index in [1.165, 1.54) is 16.8 Å². The molecule has 6 heteroatoms. The van der Waals surface area contributed by atoms with E-state index in [2.05, 4.69) is 10.4 Å². The molecule has 0 unspecified atom stereocenters. The minimum atomic E-state index is -0.303. The van der Waals surface area contributed by atoms with Crippen molar-refractivity contribution in [3.63, 3.8) is 0 Å². The number of hydrogen-bond donors (Lipinski definition) is 1. The molecule has 5 nitrogen and oxygen atoms in total. The zero-order valence-electron chi connectivity index (χ0n) is 12.5. The van der Waals surface area contributed by atoms with Crippen molar-refractivity contribution in [1.82, 2.24) is 15.1 Å². The summed E-state index contributed by atoms with van der Waals surface area (Å²) in [5.74, 6) is -0.303. The first kappa shape index (κ1) is 15.2. The maximum atomic E-state index is 12.3. The molecule has 3 rings (SSSR count). The van der Waals surface area contributed by atoms with Gasteiger partial charge in [0.25, 0.3) is 11.5 Å². The van der Waals surface area contributed by atoms with Crippen LogP contribution in [0.2, 0.25) is 0 Å². The number of benzene rings is 1. The summed E-state index contributed by atoms with van der Waals surface area (Å²) in [7, 11) is 0. The Morgan fingerprint density at radius 2 is 1.96 bits per heavy atom. The van der Waals surface area contributed by atoms with Crippen LogP contribution in [0.1, 0.15) is 20.9 Å². The van der Waals surface area contributed by atoms with E-state index in [4.69, 9.17) is 0 Å². The van der Waals surface area contributed by atoms with Gasteiger partial charge < -0.3 is 5.32 Å². The number of para-hydroxylation sites is 1. The number of carbonyl (C=O) groups is 1. The van der Waals surface area contributed by atoms with Gasteiger partial charge in [-0.2, -0.15) is 9.78 Å². The fourth-order valence-corrected chi connectivity index (χ4v) is 2.97. The predicted octanol–water partition coefficient (Wildman–Crippen LogP) is 2.53. The highest BCUT2D eigenvalue weighted by Crippen LogP contribution is 2.15. The molecule has 116 valence electrons. The summed E-state index contributed by atoms with van der Waals surface area (Å²) in [6.07, 6.45) is 0. The fourth-order valence-electron chi connectivity index (χ4n) is 2.12. The zero-order valence-corrected chi connectivity index (χ0v) is 13.3. The Morgan fingerprint density at radius 1 is 1.17 bits per heavy atom. The molecule has 2 aromatic heterocycles. The highest BCUT2D eigenvalue weighted by Gasteiger charge is 2.11. The lowest BCUT2D eigenvalue weighted by Crippen LogP contribution is -2.28. The maximum absolute atomic E-state index is 12.3. The summed E-state index contributed by atoms with van der Waals surface area (Å²) in [5.41, 5.74) is 1.71. The van der Waals surface area contributed by atoms with E-state index in [0.717, 1.165) is 10.4 Å². The van der Waals surface area contributed by atoms with Gasteiger partial charge in [-0.3, -0.25) is 9.59 Å². The van der Waals surface area contributed by atoms with Crippen LogP contribution in [-0.2, 0) is 6.54 Å². The Bertz CT molecular complexity index is 884. The Hall–Kier alpha value is -2.73. The maximum Gasteiger partial charge on any atom is 0.272 e. The van der Waals surface area contributed by atoms with E-state index in [9.17, 15) is 9.59 Å². The van der Waals surface area contributed by atoms with Crippen molar-refractivity contribution >= 4 is 17.2 Å². The Balaban J connectivity index is 1.82. The molecule has 1 N–H and O–H groups in total. The van der Waals surface area contributed by atoms with Crippen LogP contribution in [0.3, 0.4) is 0 Å². The van der Waals surface area contributed by atoms with E-state index in [1.54, 1.807) is 23.5 Å². The number of nitrogens with zero attached hydrogens (tertiary/aromatic N) is 2. The molecule has 0 radical (unpaired) electrons. The number of rotatable bonds is 4. The van der Waals surface area contributed by atoms with Gasteiger partial charge in [-0.1, -0.05) is 18.2 Å². The molecular formula is C17H15N3O2S. The van der Waals surface area contributed by atoms with E-state index in [1.807, 2.05) is 36.6 Å². The van der Waals surface area contributed by atoms with Crippen molar-refractivity contribution < 1.29 is 4.79 Å². The smallest absolute Gasteiger partial charge is 0.272 e. The summed E-state index contributed by atoms with van der Waals surface area (Å²) in [5, 5.41) is 8.99. The lowest BCUT2D eigenvalue weighted by Gasteiger charge is -2.07. The lowest BCUT2D eigenvalue weighted by molar-refractivity contribution is 0.0944. The van der Waals surface area contributed by atoms with Crippen LogP contribution in [0, 0.1) is 6.92 Å². The highest BCUT2D eigenvalue weighted by molar-refractivity contribution is 7.10. The summed E-state index contributed by atoms with van der Waals surface area (Å²) in [6.45, 7) is 2.46. The molecule has 0 saturated heterocycles. The number of aromatic nitrogens is 2. The third-order valence-electron chi connectivity index (χ3n) is 3.41. The van der Waals surface area contributed by atoms with Crippen molar-refractivity contribution in [3.8, 4) is 5.69 Å². The SMILES string of the molecule is Cc1ccsc1CNC(=O)c1ccc(=O)n(-c2ccccc2)n1. The monoisotopic (exact) mass is 325 g/mol. The first-order valence-corrected chi connectivity index (χ1v) is 8.00. The van der Waals surface area contributed by atoms with E-state index in [-0.39, 0.29) is 17.2 Å². The number of nitrogens with one attached hydrogen (secondary N) is 1. The number of thiophene rings is 1. The van der Waals surface area contributed by atoms with Crippen LogP contribution in [0.5, 0.6) is 0 Å². The van der Waals surface area contributed by atoms with Crippen LogP contribution >= 0.6 is 11.3 Å². The van der Waals surface area contributed by atoms with Gasteiger partial charge in [0.05, 0.1) is 12.2 Å². The number of carbonyl (C=O) groups excluding carboxylic acids is 1. The Labute approximate surface area is 137 Å². The van der Waals surface area contributed by atoms with Crippen molar-refractivity contribution in [2.45, 2.75) is 13.5 Å². The van der Waals surface area contributed by atoms with Crippen molar-refractivity contribution in [2.75, 3.05) is 0 Å². The van der Waals surface area contributed by atoms with E-state index < -0.39 is 0 Å². The third kappa shape index (κ3) is 3.37. The molecule has 0 fully saturated rings. The largest absolute Gasteiger partial charge is 0.346 e. The molecular weight excluding hydrogens is 310 g/mol. The Kier molecular flexibility index (Phi) is 4.34. The molecule has 0 aliphatic heterocycles. The Morgan fingerprint density at radius 3 is 2.65 bits per heavy atom. The lowest BCUT2D eigenvalue weighted by atomic mass is 10.3. The molecule has 0 spiro atoms. The summed E-state index contributed by atoms with van der Waals surface area (Å²) in [6, 6.07) is 13.8. The molecule has 0 saturated carbocycles. The molecule has 1 aromatic carbocycles. The molecule has 0 bridgehead atoms. The van der Waals surface area contributed by atoms with Crippen molar-refractivity contribution in [2.24, 2.45) is 0 Å². The summed E-state index contributed by atoms with van der Waals surface area (Å²) >= 11 is 1.60. The van der Waals surface area contributed by atoms with Crippen molar-refractivity contribution in [1.29, 1.82) is 0 Å². The molecule has 1 amide bonds.